The van der Waals surface area contributed by atoms with E-state index in [0.717, 1.165) is 49.1 Å². The first kappa shape index (κ1) is 29.1. The van der Waals surface area contributed by atoms with Crippen LogP contribution in [-0.4, -0.2) is 44.6 Å². The SMILES string of the molecule is O=C(O)c1cccc(-c2nc(N3[C@@H]4CC[C@H]3CC(OCc3c(-c5c(Cl)cccc5Cl)noc3C3CC3)C4)no2)c1C(F)(F)F. The molecule has 4 heterocycles. The van der Waals surface area contributed by atoms with Gasteiger partial charge in [-0.15, -0.1) is 0 Å². The van der Waals surface area contributed by atoms with E-state index in [1.807, 2.05) is 4.90 Å². The van der Waals surface area contributed by atoms with Crippen LogP contribution in [0.4, 0.5) is 19.1 Å². The maximum absolute atomic E-state index is 13.9. The van der Waals surface area contributed by atoms with Crippen molar-refractivity contribution in [3.05, 3.63) is 68.9 Å². The van der Waals surface area contributed by atoms with E-state index in [9.17, 15) is 23.1 Å². The molecule has 0 spiro atoms. The lowest BCUT2D eigenvalue weighted by Gasteiger charge is -2.37. The molecule has 1 aliphatic carbocycles. The third-order valence-electron chi connectivity index (χ3n) is 8.57. The molecule has 2 aromatic carbocycles. The van der Waals surface area contributed by atoms with Crippen LogP contribution in [-0.2, 0) is 17.5 Å². The first-order chi connectivity index (χ1) is 21.1. The van der Waals surface area contributed by atoms with Crippen molar-refractivity contribution in [2.45, 2.75) is 75.4 Å². The number of carboxylic acids is 1. The standard InChI is InChI=1S/C30H25Cl2F3N4O5/c31-21-5-2-6-22(32)23(21)25-20(26(43-37-25)14-7-8-14)13-42-17-11-15-9-10-16(12-17)39(15)29-36-27(44-38-29)18-3-1-4-19(28(40)41)24(18)30(33,34)35/h1-6,14-17H,7-13H2,(H,40,41)/t15-,16+,17?. The molecule has 9 nitrogen and oxygen atoms in total. The summed E-state index contributed by atoms with van der Waals surface area (Å²) >= 11 is 13.0. The summed E-state index contributed by atoms with van der Waals surface area (Å²) in [6.45, 7) is 0.267. The van der Waals surface area contributed by atoms with Crippen LogP contribution in [0.25, 0.3) is 22.7 Å². The van der Waals surface area contributed by atoms with Crippen LogP contribution in [0.3, 0.4) is 0 Å². The van der Waals surface area contributed by atoms with Crippen LogP contribution >= 0.6 is 23.2 Å². The number of alkyl halides is 3. The molecule has 1 saturated carbocycles. The molecule has 0 radical (unpaired) electrons. The molecule has 3 aliphatic rings. The highest BCUT2D eigenvalue weighted by Gasteiger charge is 2.45. The van der Waals surface area contributed by atoms with Gasteiger partial charge in [-0.3, -0.25) is 0 Å². The zero-order chi connectivity index (χ0) is 30.7. The van der Waals surface area contributed by atoms with E-state index in [4.69, 9.17) is 37.0 Å². The number of hydrogen-bond donors (Lipinski definition) is 1. The Bertz CT molecular complexity index is 1700. The lowest BCUT2D eigenvalue weighted by atomic mass is 9.99. The second kappa shape index (κ2) is 11.1. The van der Waals surface area contributed by atoms with Gasteiger partial charge < -0.3 is 23.8 Å². The van der Waals surface area contributed by atoms with Crippen molar-refractivity contribution in [2.24, 2.45) is 0 Å². The van der Waals surface area contributed by atoms with Gasteiger partial charge in [0.2, 0.25) is 0 Å². The van der Waals surface area contributed by atoms with E-state index < -0.39 is 28.8 Å². The maximum atomic E-state index is 13.9. The van der Waals surface area contributed by atoms with E-state index in [2.05, 4.69) is 15.3 Å². The van der Waals surface area contributed by atoms with Gasteiger partial charge in [-0.05, 0) is 67.9 Å². The van der Waals surface area contributed by atoms with Gasteiger partial charge in [-0.1, -0.05) is 40.5 Å². The predicted octanol–water partition coefficient (Wildman–Crippen LogP) is 8.01. The Morgan fingerprint density at radius 1 is 1.00 bits per heavy atom. The average Bonchev–Trinajstić information content (AvgIpc) is 3.45. The molecule has 1 N–H and O–H groups in total. The number of rotatable bonds is 8. The quantitative estimate of drug-likeness (QED) is 0.203. The lowest BCUT2D eigenvalue weighted by Crippen LogP contribution is -2.46. The fourth-order valence-electron chi connectivity index (χ4n) is 6.48. The number of halogens is 5. The van der Waals surface area contributed by atoms with Crippen molar-refractivity contribution in [1.29, 1.82) is 0 Å². The lowest BCUT2D eigenvalue weighted by molar-refractivity contribution is -0.137. The largest absolute Gasteiger partial charge is 0.478 e. The van der Waals surface area contributed by atoms with Crippen molar-refractivity contribution < 1.29 is 36.9 Å². The van der Waals surface area contributed by atoms with E-state index in [1.165, 1.54) is 6.07 Å². The van der Waals surface area contributed by atoms with Crippen LogP contribution in [0.15, 0.2) is 45.4 Å². The van der Waals surface area contributed by atoms with Crippen molar-refractivity contribution in [2.75, 3.05) is 4.90 Å². The van der Waals surface area contributed by atoms with Crippen LogP contribution in [0.1, 0.15) is 71.7 Å². The minimum Gasteiger partial charge on any atom is -0.478 e. The summed E-state index contributed by atoms with van der Waals surface area (Å²) in [5.74, 6) is -0.836. The second-order valence-electron chi connectivity index (χ2n) is 11.4. The van der Waals surface area contributed by atoms with Crippen molar-refractivity contribution in [3.8, 4) is 22.7 Å². The second-order valence-corrected chi connectivity index (χ2v) is 12.2. The summed E-state index contributed by atoms with van der Waals surface area (Å²) in [5.41, 5.74) is -0.664. The van der Waals surface area contributed by atoms with Gasteiger partial charge in [-0.25, -0.2) is 4.79 Å². The highest BCUT2D eigenvalue weighted by atomic mass is 35.5. The molecule has 230 valence electrons. The highest BCUT2D eigenvalue weighted by Crippen LogP contribution is 2.47. The number of aromatic carboxylic acids is 1. The van der Waals surface area contributed by atoms with Crippen LogP contribution in [0.5, 0.6) is 0 Å². The van der Waals surface area contributed by atoms with Crippen molar-refractivity contribution in [3.63, 3.8) is 0 Å². The van der Waals surface area contributed by atoms with Crippen LogP contribution in [0, 0.1) is 0 Å². The molecule has 1 unspecified atom stereocenters. The van der Waals surface area contributed by atoms with Gasteiger partial charge in [0.15, 0.2) is 0 Å². The third-order valence-corrected chi connectivity index (χ3v) is 9.20. The van der Waals surface area contributed by atoms with Crippen LogP contribution in [0.2, 0.25) is 10.0 Å². The Morgan fingerprint density at radius 3 is 2.32 bits per heavy atom. The molecule has 2 aliphatic heterocycles. The molecule has 2 saturated heterocycles. The summed E-state index contributed by atoms with van der Waals surface area (Å²) in [7, 11) is 0. The molecule has 3 atom stereocenters. The number of benzene rings is 2. The number of carboxylic acid groups (broad SMARTS) is 1. The number of piperidine rings is 1. The summed E-state index contributed by atoms with van der Waals surface area (Å²) in [5, 5.41) is 18.6. The number of fused-ring (bicyclic) bond motifs is 2. The molecular formula is C30H25Cl2F3N4O5. The topological polar surface area (TPSA) is 115 Å². The van der Waals surface area contributed by atoms with Gasteiger partial charge in [0.25, 0.3) is 11.8 Å². The first-order valence-electron chi connectivity index (χ1n) is 14.2. The molecule has 4 aromatic rings. The van der Waals surface area contributed by atoms with Gasteiger partial charge in [0.1, 0.15) is 11.5 Å². The molecular weight excluding hydrogens is 624 g/mol. The average molecular weight is 649 g/mol. The van der Waals surface area contributed by atoms with Crippen LogP contribution < -0.4 is 4.90 Å². The molecule has 14 heteroatoms. The fraction of sp³-hybridized carbons (Fsp3) is 0.400. The normalized spacial score (nSPS) is 21.7. The summed E-state index contributed by atoms with van der Waals surface area (Å²) in [6, 6.07) is 8.50. The zero-order valence-electron chi connectivity index (χ0n) is 23.0. The number of carbonyl (C=O) groups is 1. The molecule has 2 aromatic heterocycles. The highest BCUT2D eigenvalue weighted by molar-refractivity contribution is 6.39. The van der Waals surface area contributed by atoms with Crippen molar-refractivity contribution >= 4 is 35.1 Å². The Labute approximate surface area is 258 Å². The molecule has 7 rings (SSSR count). The fourth-order valence-corrected chi connectivity index (χ4v) is 7.06. The Balaban J connectivity index is 1.10. The third kappa shape index (κ3) is 5.22. The van der Waals surface area contributed by atoms with Crippen molar-refractivity contribution in [1.82, 2.24) is 15.3 Å². The van der Waals surface area contributed by atoms with E-state index in [-0.39, 0.29) is 42.6 Å². The number of aromatic nitrogens is 3. The Morgan fingerprint density at radius 2 is 1.68 bits per heavy atom. The first-order valence-corrected chi connectivity index (χ1v) is 15.0. The predicted molar refractivity (Wildman–Crippen MR) is 153 cm³/mol. The Kier molecular flexibility index (Phi) is 7.33. The van der Waals surface area contributed by atoms with Gasteiger partial charge in [0.05, 0.1) is 39.4 Å². The zero-order valence-corrected chi connectivity index (χ0v) is 24.5. The monoisotopic (exact) mass is 648 g/mol. The molecule has 2 bridgehead atoms. The van der Waals surface area contributed by atoms with Gasteiger partial charge in [0, 0.05) is 29.1 Å². The smallest absolute Gasteiger partial charge is 0.418 e. The van der Waals surface area contributed by atoms with E-state index >= 15 is 0 Å². The maximum Gasteiger partial charge on any atom is 0.418 e. The molecule has 0 amide bonds. The molecule has 3 fully saturated rings. The number of nitrogens with zero attached hydrogens (tertiary/aromatic N) is 4. The van der Waals surface area contributed by atoms with Gasteiger partial charge >= 0.3 is 12.1 Å². The van der Waals surface area contributed by atoms with Gasteiger partial charge in [-0.2, -0.15) is 18.2 Å². The summed E-state index contributed by atoms with van der Waals surface area (Å²) in [6.07, 6.45) is -0.0553. The molecule has 44 heavy (non-hydrogen) atoms. The summed E-state index contributed by atoms with van der Waals surface area (Å²) in [4.78, 5) is 17.8. The van der Waals surface area contributed by atoms with E-state index in [0.29, 0.717) is 34.1 Å². The summed E-state index contributed by atoms with van der Waals surface area (Å²) < 4.78 is 59.2. The van der Waals surface area contributed by atoms with E-state index in [1.54, 1.807) is 18.2 Å². The minimum atomic E-state index is -4.94. The number of ether oxygens (including phenoxy) is 1. The number of anilines is 1. The Hall–Kier alpha value is -3.61. The number of hydrogen-bond acceptors (Lipinski definition) is 8. The minimum absolute atomic E-state index is 0.0144.